The Morgan fingerprint density at radius 3 is 2.29 bits per heavy atom. The molecule has 7 heteroatoms. The van der Waals surface area contributed by atoms with E-state index >= 15 is 0 Å². The van der Waals surface area contributed by atoms with E-state index in [-0.39, 0.29) is 6.47 Å². The summed E-state index contributed by atoms with van der Waals surface area (Å²) in [6, 6.07) is 0. The van der Waals surface area contributed by atoms with Crippen LogP contribution in [0.4, 0.5) is 0 Å². The van der Waals surface area contributed by atoms with Crippen molar-refractivity contribution in [3.63, 3.8) is 0 Å². The summed E-state index contributed by atoms with van der Waals surface area (Å²) in [6.07, 6.45) is 1.57. The van der Waals surface area contributed by atoms with Gasteiger partial charge in [0.1, 0.15) is 12.2 Å². The summed E-state index contributed by atoms with van der Waals surface area (Å²) in [6.45, 7) is 0.284. The fourth-order valence-corrected chi connectivity index (χ4v) is 2.18. The van der Waals surface area contributed by atoms with E-state index in [1.807, 2.05) is 0 Å². The molecule has 0 amide bonds. The van der Waals surface area contributed by atoms with Gasteiger partial charge >= 0.3 is 7.82 Å². The minimum atomic E-state index is -4.49. The van der Waals surface area contributed by atoms with Crippen LogP contribution in [0, 0.1) is 0 Å². The van der Waals surface area contributed by atoms with Crippen molar-refractivity contribution in [3.8, 4) is 0 Å². The Labute approximate surface area is 81.4 Å². The van der Waals surface area contributed by atoms with Gasteiger partial charge in [-0.15, -0.1) is 0 Å². The Balaban J connectivity index is 2.53. The minimum Gasteiger partial charge on any atom is -0.462 e. The number of rotatable bonds is 4. The van der Waals surface area contributed by atoms with Crippen LogP contribution >= 0.6 is 7.82 Å². The van der Waals surface area contributed by atoms with Crippen molar-refractivity contribution in [2.45, 2.75) is 37.9 Å². The molecule has 2 N–H and O–H groups in total. The molecule has 1 fully saturated rings. The van der Waals surface area contributed by atoms with E-state index < -0.39 is 20.0 Å². The molecule has 0 aliphatic heterocycles. The monoisotopic (exact) mass is 224 g/mol. The number of carbonyl (C=O) groups is 1. The smallest absolute Gasteiger partial charge is 0.462 e. The summed E-state index contributed by atoms with van der Waals surface area (Å²) < 4.78 is 19.8. The lowest BCUT2D eigenvalue weighted by Crippen LogP contribution is -2.33. The number of hydrogen-bond donors (Lipinski definition) is 2. The number of hydrogen-bond acceptors (Lipinski definition) is 4. The summed E-state index contributed by atoms with van der Waals surface area (Å²) in [4.78, 5) is 27.3. The average Bonchev–Trinajstić information content (AvgIpc) is 2.06. The Morgan fingerprint density at radius 1 is 1.21 bits per heavy atom. The average molecular weight is 224 g/mol. The largest absolute Gasteiger partial charge is 0.469 e. The van der Waals surface area contributed by atoms with Crippen LogP contribution < -0.4 is 0 Å². The molecule has 0 heterocycles. The predicted molar refractivity (Wildman–Crippen MR) is 46.3 cm³/mol. The molecule has 1 aliphatic carbocycles. The molecule has 2 atom stereocenters. The summed E-state index contributed by atoms with van der Waals surface area (Å²) in [5.41, 5.74) is 0. The third-order valence-electron chi connectivity index (χ3n) is 2.15. The Hall–Kier alpha value is -0.420. The van der Waals surface area contributed by atoms with Gasteiger partial charge in [0.25, 0.3) is 6.47 Å². The van der Waals surface area contributed by atoms with E-state index in [4.69, 9.17) is 14.5 Å². The van der Waals surface area contributed by atoms with Crippen LogP contribution in [-0.4, -0.2) is 28.5 Å². The van der Waals surface area contributed by atoms with Gasteiger partial charge in [-0.05, 0) is 19.3 Å². The minimum absolute atomic E-state index is 0.284. The van der Waals surface area contributed by atoms with Crippen molar-refractivity contribution in [3.05, 3.63) is 0 Å². The molecule has 0 bridgehead atoms. The van der Waals surface area contributed by atoms with Crippen molar-refractivity contribution in [2.75, 3.05) is 0 Å². The standard InChI is InChI=1S/C7H13O6P/c8-5-12-6-3-1-2-4-7(6)13-14(9,10)11/h5-7H,1-4H2,(H2,9,10,11). The normalized spacial score (nSPS) is 28.4. The van der Waals surface area contributed by atoms with Crippen LogP contribution in [0.1, 0.15) is 25.7 Å². The van der Waals surface area contributed by atoms with E-state index in [1.165, 1.54) is 0 Å². The highest BCUT2D eigenvalue weighted by Crippen LogP contribution is 2.41. The highest BCUT2D eigenvalue weighted by molar-refractivity contribution is 7.46. The van der Waals surface area contributed by atoms with Crippen LogP contribution in [0.25, 0.3) is 0 Å². The molecule has 1 saturated carbocycles. The first-order chi connectivity index (χ1) is 6.53. The fourth-order valence-electron chi connectivity index (χ4n) is 1.59. The van der Waals surface area contributed by atoms with E-state index in [9.17, 15) is 9.36 Å². The second kappa shape index (κ2) is 4.89. The lowest BCUT2D eigenvalue weighted by atomic mass is 9.95. The maximum absolute atomic E-state index is 10.6. The van der Waals surface area contributed by atoms with Gasteiger partial charge in [0, 0.05) is 0 Å². The van der Waals surface area contributed by atoms with Crippen molar-refractivity contribution in [1.82, 2.24) is 0 Å². The van der Waals surface area contributed by atoms with Gasteiger partial charge in [-0.25, -0.2) is 4.57 Å². The van der Waals surface area contributed by atoms with Crippen LogP contribution in [-0.2, 0) is 18.6 Å². The van der Waals surface area contributed by atoms with E-state index in [0.717, 1.165) is 12.8 Å². The number of carbonyl (C=O) groups excluding carboxylic acids is 1. The second-order valence-corrected chi connectivity index (χ2v) is 4.38. The van der Waals surface area contributed by atoms with Crippen molar-refractivity contribution < 1.29 is 28.4 Å². The Bertz CT molecular complexity index is 236. The maximum atomic E-state index is 10.6. The zero-order chi connectivity index (χ0) is 10.6. The predicted octanol–water partition coefficient (Wildman–Crippen LogP) is 0.580. The molecule has 0 radical (unpaired) electrons. The molecule has 0 saturated heterocycles. The van der Waals surface area contributed by atoms with Gasteiger partial charge in [0.05, 0.1) is 0 Å². The Kier molecular flexibility index (Phi) is 4.07. The van der Waals surface area contributed by atoms with E-state index in [1.54, 1.807) is 0 Å². The third-order valence-corrected chi connectivity index (χ3v) is 2.69. The number of ether oxygens (including phenoxy) is 1. The molecular weight excluding hydrogens is 211 g/mol. The SMILES string of the molecule is O=COC1CCCCC1OP(=O)(O)O. The van der Waals surface area contributed by atoms with E-state index in [2.05, 4.69) is 4.52 Å². The first kappa shape index (κ1) is 11.7. The molecule has 1 aliphatic rings. The zero-order valence-corrected chi connectivity index (χ0v) is 8.43. The molecule has 1 rings (SSSR count). The van der Waals surface area contributed by atoms with Gasteiger partial charge in [-0.2, -0.15) is 0 Å². The number of phosphoric acid groups is 1. The van der Waals surface area contributed by atoms with Gasteiger partial charge in [-0.1, -0.05) is 6.42 Å². The van der Waals surface area contributed by atoms with Crippen molar-refractivity contribution in [1.29, 1.82) is 0 Å². The third kappa shape index (κ3) is 3.75. The highest BCUT2D eigenvalue weighted by atomic mass is 31.2. The molecule has 82 valence electrons. The topological polar surface area (TPSA) is 93.1 Å². The molecule has 0 aromatic carbocycles. The molecule has 6 nitrogen and oxygen atoms in total. The van der Waals surface area contributed by atoms with Crippen molar-refractivity contribution >= 4 is 14.3 Å². The fraction of sp³-hybridized carbons (Fsp3) is 0.857. The summed E-state index contributed by atoms with van der Waals surface area (Å²) in [5, 5.41) is 0. The van der Waals surface area contributed by atoms with Crippen molar-refractivity contribution in [2.24, 2.45) is 0 Å². The van der Waals surface area contributed by atoms with Crippen LogP contribution in [0.15, 0.2) is 0 Å². The lowest BCUT2D eigenvalue weighted by Gasteiger charge is -2.29. The van der Waals surface area contributed by atoms with E-state index in [0.29, 0.717) is 12.8 Å². The van der Waals surface area contributed by atoms with Gasteiger partial charge in [-0.3, -0.25) is 9.32 Å². The molecular formula is C7H13O6P. The first-order valence-corrected chi connectivity index (χ1v) is 5.89. The first-order valence-electron chi connectivity index (χ1n) is 4.36. The molecule has 2 unspecified atom stereocenters. The molecule has 14 heavy (non-hydrogen) atoms. The zero-order valence-electron chi connectivity index (χ0n) is 7.54. The van der Waals surface area contributed by atoms with Gasteiger partial charge in [0.2, 0.25) is 0 Å². The quantitative estimate of drug-likeness (QED) is 0.536. The summed E-state index contributed by atoms with van der Waals surface area (Å²) in [7, 11) is -4.49. The summed E-state index contributed by atoms with van der Waals surface area (Å²) >= 11 is 0. The maximum Gasteiger partial charge on any atom is 0.469 e. The second-order valence-electron chi connectivity index (χ2n) is 3.19. The van der Waals surface area contributed by atoms with Crippen LogP contribution in [0.3, 0.4) is 0 Å². The molecule has 0 aromatic rings. The lowest BCUT2D eigenvalue weighted by molar-refractivity contribution is -0.141. The Morgan fingerprint density at radius 2 is 1.79 bits per heavy atom. The van der Waals surface area contributed by atoms with Crippen LogP contribution in [0.5, 0.6) is 0 Å². The number of phosphoric ester groups is 1. The van der Waals surface area contributed by atoms with Crippen LogP contribution in [0.2, 0.25) is 0 Å². The molecule has 0 spiro atoms. The molecule has 0 aromatic heterocycles. The highest BCUT2D eigenvalue weighted by Gasteiger charge is 2.32. The van der Waals surface area contributed by atoms with Gasteiger partial charge < -0.3 is 14.5 Å². The summed E-state index contributed by atoms with van der Waals surface area (Å²) in [5.74, 6) is 0. The van der Waals surface area contributed by atoms with Gasteiger partial charge in [0.15, 0.2) is 0 Å².